The highest BCUT2D eigenvalue weighted by Gasteiger charge is 2.16. The van der Waals surface area contributed by atoms with E-state index in [4.69, 9.17) is 0 Å². The second-order valence-electron chi connectivity index (χ2n) is 5.52. The molecular formula is C17H14N4O4. The Bertz CT molecular complexity index is 1040. The zero-order valence-corrected chi connectivity index (χ0v) is 13.3. The monoisotopic (exact) mass is 338 g/mol. The Kier molecular flexibility index (Phi) is 4.25. The van der Waals surface area contributed by atoms with Gasteiger partial charge in [0.25, 0.3) is 11.2 Å². The van der Waals surface area contributed by atoms with Gasteiger partial charge in [-0.3, -0.25) is 24.3 Å². The average Bonchev–Trinajstić information content (AvgIpc) is 2.59. The third-order valence-corrected chi connectivity index (χ3v) is 3.67. The number of para-hydroxylation sites is 1. The van der Waals surface area contributed by atoms with Crippen LogP contribution in [0.25, 0.3) is 10.9 Å². The zero-order chi connectivity index (χ0) is 18.0. The molecule has 1 amide bonds. The average molecular weight is 338 g/mol. The van der Waals surface area contributed by atoms with Gasteiger partial charge in [0.05, 0.1) is 22.2 Å². The summed E-state index contributed by atoms with van der Waals surface area (Å²) < 4.78 is 1.16. The molecule has 0 saturated heterocycles. The van der Waals surface area contributed by atoms with Gasteiger partial charge in [-0.05, 0) is 30.7 Å². The van der Waals surface area contributed by atoms with Gasteiger partial charge >= 0.3 is 0 Å². The van der Waals surface area contributed by atoms with E-state index in [9.17, 15) is 19.7 Å². The molecule has 1 aromatic heterocycles. The number of fused-ring (bicyclic) bond motifs is 1. The highest BCUT2D eigenvalue weighted by Crippen LogP contribution is 2.25. The molecule has 0 aliphatic carbocycles. The van der Waals surface area contributed by atoms with E-state index in [1.54, 1.807) is 37.3 Å². The number of benzene rings is 2. The maximum atomic E-state index is 12.4. The summed E-state index contributed by atoms with van der Waals surface area (Å²) in [5.41, 5.74) is 0.789. The standard InChI is InChI=1S/C17H14N4O4/c1-11-6-7-14(15(8-11)21(24)25)19-16(22)9-20-10-18-13-5-3-2-4-12(13)17(20)23/h2-8,10H,9H2,1H3,(H,19,22). The first-order chi connectivity index (χ1) is 12.0. The molecular weight excluding hydrogens is 324 g/mol. The van der Waals surface area contributed by atoms with Crippen molar-refractivity contribution in [2.45, 2.75) is 13.5 Å². The number of rotatable bonds is 4. The summed E-state index contributed by atoms with van der Waals surface area (Å²) in [7, 11) is 0. The van der Waals surface area contributed by atoms with Gasteiger partial charge in [-0.25, -0.2) is 4.98 Å². The van der Waals surface area contributed by atoms with E-state index in [1.165, 1.54) is 18.5 Å². The molecule has 0 saturated carbocycles. The van der Waals surface area contributed by atoms with Crippen molar-refractivity contribution >= 4 is 28.2 Å². The summed E-state index contributed by atoms with van der Waals surface area (Å²) in [6.07, 6.45) is 1.29. The van der Waals surface area contributed by atoms with E-state index >= 15 is 0 Å². The molecule has 1 N–H and O–H groups in total. The summed E-state index contributed by atoms with van der Waals surface area (Å²) in [6, 6.07) is 11.3. The number of aryl methyl sites for hydroxylation is 1. The lowest BCUT2D eigenvalue weighted by Gasteiger charge is -2.09. The van der Waals surface area contributed by atoms with Gasteiger partial charge in [0, 0.05) is 6.07 Å². The smallest absolute Gasteiger partial charge is 0.293 e. The van der Waals surface area contributed by atoms with Crippen molar-refractivity contribution in [3.8, 4) is 0 Å². The van der Waals surface area contributed by atoms with E-state index < -0.39 is 10.8 Å². The van der Waals surface area contributed by atoms with Crippen LogP contribution in [-0.4, -0.2) is 20.4 Å². The lowest BCUT2D eigenvalue weighted by Crippen LogP contribution is -2.28. The first kappa shape index (κ1) is 16.3. The van der Waals surface area contributed by atoms with Gasteiger partial charge in [-0.15, -0.1) is 0 Å². The Morgan fingerprint density at radius 3 is 2.80 bits per heavy atom. The van der Waals surface area contributed by atoms with Crippen LogP contribution in [0, 0.1) is 17.0 Å². The molecule has 126 valence electrons. The molecule has 0 spiro atoms. The van der Waals surface area contributed by atoms with Crippen molar-refractivity contribution in [2.24, 2.45) is 0 Å². The fraction of sp³-hybridized carbons (Fsp3) is 0.118. The van der Waals surface area contributed by atoms with Crippen LogP contribution in [-0.2, 0) is 11.3 Å². The lowest BCUT2D eigenvalue weighted by molar-refractivity contribution is -0.384. The summed E-state index contributed by atoms with van der Waals surface area (Å²) in [5, 5.41) is 14.0. The van der Waals surface area contributed by atoms with Crippen molar-refractivity contribution in [2.75, 3.05) is 5.32 Å². The number of hydrogen-bond donors (Lipinski definition) is 1. The minimum atomic E-state index is -0.563. The molecule has 1 heterocycles. The van der Waals surface area contributed by atoms with Crippen LogP contribution in [0.5, 0.6) is 0 Å². The summed E-state index contributed by atoms with van der Waals surface area (Å²) in [6.45, 7) is 1.43. The molecule has 0 unspecified atom stereocenters. The van der Waals surface area contributed by atoms with E-state index in [1.807, 2.05) is 0 Å². The normalized spacial score (nSPS) is 10.6. The van der Waals surface area contributed by atoms with Crippen molar-refractivity contribution < 1.29 is 9.72 Å². The minimum absolute atomic E-state index is 0.0856. The predicted molar refractivity (Wildman–Crippen MR) is 92.5 cm³/mol. The fourth-order valence-corrected chi connectivity index (χ4v) is 2.46. The van der Waals surface area contributed by atoms with E-state index in [-0.39, 0.29) is 23.5 Å². The van der Waals surface area contributed by atoms with Crippen molar-refractivity contribution in [3.63, 3.8) is 0 Å². The third-order valence-electron chi connectivity index (χ3n) is 3.67. The Balaban J connectivity index is 1.86. The Morgan fingerprint density at radius 1 is 1.28 bits per heavy atom. The first-order valence-corrected chi connectivity index (χ1v) is 7.45. The topological polar surface area (TPSA) is 107 Å². The van der Waals surface area contributed by atoms with E-state index in [2.05, 4.69) is 10.3 Å². The Hall–Kier alpha value is -3.55. The number of carbonyl (C=O) groups excluding carboxylic acids is 1. The predicted octanol–water partition coefficient (Wildman–Crippen LogP) is 2.25. The number of nitro benzene ring substituents is 1. The molecule has 0 bridgehead atoms. The van der Waals surface area contributed by atoms with Crippen LogP contribution in [0.1, 0.15) is 5.56 Å². The zero-order valence-electron chi connectivity index (χ0n) is 13.3. The van der Waals surface area contributed by atoms with Gasteiger partial charge in [0.1, 0.15) is 12.2 Å². The van der Waals surface area contributed by atoms with Crippen molar-refractivity contribution in [1.82, 2.24) is 9.55 Å². The number of nitro groups is 1. The molecule has 0 radical (unpaired) electrons. The maximum Gasteiger partial charge on any atom is 0.293 e. The molecule has 8 nitrogen and oxygen atoms in total. The number of nitrogens with one attached hydrogen (secondary N) is 1. The van der Waals surface area contributed by atoms with Crippen molar-refractivity contribution in [3.05, 3.63) is 74.8 Å². The number of amides is 1. The summed E-state index contributed by atoms with van der Waals surface area (Å²) in [4.78, 5) is 39.3. The van der Waals surface area contributed by atoms with Gasteiger partial charge in [-0.2, -0.15) is 0 Å². The lowest BCUT2D eigenvalue weighted by atomic mass is 10.2. The van der Waals surface area contributed by atoms with E-state index in [0.29, 0.717) is 16.5 Å². The Morgan fingerprint density at radius 2 is 2.04 bits per heavy atom. The molecule has 3 aromatic rings. The molecule has 0 aliphatic rings. The van der Waals surface area contributed by atoms with Crippen LogP contribution in [0.2, 0.25) is 0 Å². The quantitative estimate of drug-likeness (QED) is 0.580. The van der Waals surface area contributed by atoms with E-state index in [0.717, 1.165) is 4.57 Å². The number of nitrogens with zero attached hydrogens (tertiary/aromatic N) is 3. The second-order valence-corrected chi connectivity index (χ2v) is 5.52. The van der Waals surface area contributed by atoms with Crippen LogP contribution in [0.15, 0.2) is 53.6 Å². The minimum Gasteiger partial charge on any atom is -0.319 e. The van der Waals surface area contributed by atoms with Crippen LogP contribution < -0.4 is 10.9 Å². The SMILES string of the molecule is Cc1ccc(NC(=O)Cn2cnc3ccccc3c2=O)c([N+](=O)[O-])c1. The fourth-order valence-electron chi connectivity index (χ4n) is 2.46. The molecule has 25 heavy (non-hydrogen) atoms. The Labute approximate surface area is 141 Å². The van der Waals surface area contributed by atoms with Gasteiger partial charge in [0.2, 0.25) is 5.91 Å². The third kappa shape index (κ3) is 3.37. The largest absolute Gasteiger partial charge is 0.319 e. The number of carbonyl (C=O) groups is 1. The van der Waals surface area contributed by atoms with Gasteiger partial charge in [0.15, 0.2) is 0 Å². The summed E-state index contributed by atoms with van der Waals surface area (Å²) >= 11 is 0. The number of hydrogen-bond acceptors (Lipinski definition) is 5. The van der Waals surface area contributed by atoms with Crippen LogP contribution >= 0.6 is 0 Å². The molecule has 8 heteroatoms. The number of aromatic nitrogens is 2. The molecule has 0 fully saturated rings. The highest BCUT2D eigenvalue weighted by atomic mass is 16.6. The van der Waals surface area contributed by atoms with Gasteiger partial charge < -0.3 is 5.32 Å². The number of anilines is 1. The molecule has 3 rings (SSSR count). The highest BCUT2D eigenvalue weighted by molar-refractivity contribution is 5.93. The summed E-state index contributed by atoms with van der Waals surface area (Å²) in [5.74, 6) is -0.550. The van der Waals surface area contributed by atoms with Crippen LogP contribution in [0.3, 0.4) is 0 Å². The van der Waals surface area contributed by atoms with Crippen LogP contribution in [0.4, 0.5) is 11.4 Å². The molecule has 0 atom stereocenters. The second kappa shape index (κ2) is 6.52. The molecule has 0 aliphatic heterocycles. The van der Waals surface area contributed by atoms with Crippen molar-refractivity contribution in [1.29, 1.82) is 0 Å². The first-order valence-electron chi connectivity index (χ1n) is 7.45. The van der Waals surface area contributed by atoms with Gasteiger partial charge in [-0.1, -0.05) is 18.2 Å². The molecule has 2 aromatic carbocycles. The maximum absolute atomic E-state index is 12.4.